The van der Waals surface area contributed by atoms with E-state index in [1.807, 2.05) is 30.0 Å². The molecule has 0 radical (unpaired) electrons. The minimum atomic E-state index is 0.0670. The average molecular weight is 228 g/mol. The van der Waals surface area contributed by atoms with Crippen LogP contribution in [0.1, 0.15) is 17.5 Å². The number of terminal acetylenes is 1. The number of carbonyl (C=O) groups is 1. The summed E-state index contributed by atoms with van der Waals surface area (Å²) < 4.78 is 0. The highest BCUT2D eigenvalue weighted by Gasteiger charge is 2.27. The van der Waals surface area contributed by atoms with Gasteiger partial charge in [0.1, 0.15) is 0 Å². The van der Waals surface area contributed by atoms with Gasteiger partial charge in [-0.2, -0.15) is 0 Å². The molecule has 1 unspecified atom stereocenters. The first kappa shape index (κ1) is 11.5. The highest BCUT2D eigenvalue weighted by atomic mass is 16.2. The smallest absolute Gasteiger partial charge is 0.224 e. The molecule has 0 aliphatic carbocycles. The van der Waals surface area contributed by atoms with E-state index in [2.05, 4.69) is 5.92 Å². The molecule has 3 heteroatoms. The predicted octanol–water partition coefficient (Wildman–Crippen LogP) is 1.56. The summed E-state index contributed by atoms with van der Waals surface area (Å²) in [4.78, 5) is 13.5. The first-order chi connectivity index (χ1) is 8.10. The number of hydrogen-bond acceptors (Lipinski definition) is 2. The van der Waals surface area contributed by atoms with E-state index in [1.54, 1.807) is 0 Å². The zero-order chi connectivity index (χ0) is 12.4. The van der Waals surface area contributed by atoms with Crippen LogP contribution in [-0.4, -0.2) is 17.4 Å². The number of nitrogen functional groups attached to an aromatic ring is 1. The van der Waals surface area contributed by atoms with Gasteiger partial charge in [0.15, 0.2) is 0 Å². The van der Waals surface area contributed by atoms with Gasteiger partial charge in [-0.3, -0.25) is 4.79 Å². The van der Waals surface area contributed by atoms with Gasteiger partial charge in [0.25, 0.3) is 0 Å². The van der Waals surface area contributed by atoms with Crippen LogP contribution >= 0.6 is 0 Å². The Hall–Kier alpha value is -1.95. The Morgan fingerprint density at radius 3 is 2.94 bits per heavy atom. The third-order valence-corrected chi connectivity index (χ3v) is 3.16. The van der Waals surface area contributed by atoms with Gasteiger partial charge in [0.05, 0.1) is 0 Å². The van der Waals surface area contributed by atoms with Crippen molar-refractivity contribution in [2.75, 3.05) is 12.3 Å². The number of carbonyl (C=O) groups excluding carboxylic acids is 1. The van der Waals surface area contributed by atoms with Crippen LogP contribution < -0.4 is 5.73 Å². The standard InChI is InChI=1S/C14H16N2O/c1-3-11-7-14(17)16(8-11)9-12-4-5-13(15)10(2)6-12/h1,4-6,11H,7-9,15H2,2H3. The number of anilines is 1. The lowest BCUT2D eigenvalue weighted by Gasteiger charge is -2.16. The van der Waals surface area contributed by atoms with Crippen LogP contribution in [0.2, 0.25) is 0 Å². The van der Waals surface area contributed by atoms with Crippen molar-refractivity contribution in [3.05, 3.63) is 29.3 Å². The Morgan fingerprint density at radius 1 is 1.59 bits per heavy atom. The van der Waals surface area contributed by atoms with Gasteiger partial charge in [-0.15, -0.1) is 12.3 Å². The van der Waals surface area contributed by atoms with E-state index in [9.17, 15) is 4.79 Å². The van der Waals surface area contributed by atoms with Crippen molar-refractivity contribution in [1.29, 1.82) is 0 Å². The number of rotatable bonds is 2. The van der Waals surface area contributed by atoms with Gasteiger partial charge in [-0.1, -0.05) is 12.1 Å². The molecule has 17 heavy (non-hydrogen) atoms. The molecule has 1 aromatic rings. The Labute approximate surface area is 102 Å². The van der Waals surface area contributed by atoms with Crippen LogP contribution in [0.5, 0.6) is 0 Å². The molecule has 1 saturated heterocycles. The molecule has 0 saturated carbocycles. The zero-order valence-electron chi connectivity index (χ0n) is 9.94. The van der Waals surface area contributed by atoms with E-state index in [-0.39, 0.29) is 11.8 Å². The van der Waals surface area contributed by atoms with Crippen LogP contribution in [0.4, 0.5) is 5.69 Å². The van der Waals surface area contributed by atoms with Gasteiger partial charge < -0.3 is 10.6 Å². The minimum Gasteiger partial charge on any atom is -0.399 e. The number of nitrogens with zero attached hydrogens (tertiary/aromatic N) is 1. The Balaban J connectivity index is 2.09. The maximum Gasteiger partial charge on any atom is 0.224 e. The topological polar surface area (TPSA) is 46.3 Å². The van der Waals surface area contributed by atoms with Gasteiger partial charge in [0, 0.05) is 31.1 Å². The molecular formula is C14H16N2O. The largest absolute Gasteiger partial charge is 0.399 e. The maximum absolute atomic E-state index is 11.7. The molecule has 88 valence electrons. The molecule has 0 bridgehead atoms. The molecule has 1 amide bonds. The second-order valence-corrected chi connectivity index (χ2v) is 4.53. The van der Waals surface area contributed by atoms with E-state index >= 15 is 0 Å². The van der Waals surface area contributed by atoms with Gasteiger partial charge in [-0.05, 0) is 24.1 Å². The summed E-state index contributed by atoms with van der Waals surface area (Å²) >= 11 is 0. The minimum absolute atomic E-state index is 0.0670. The third-order valence-electron chi connectivity index (χ3n) is 3.16. The summed E-state index contributed by atoms with van der Waals surface area (Å²) in [5.74, 6) is 2.86. The summed E-state index contributed by atoms with van der Waals surface area (Å²) in [7, 11) is 0. The number of hydrogen-bond donors (Lipinski definition) is 1. The fourth-order valence-electron chi connectivity index (χ4n) is 2.09. The van der Waals surface area contributed by atoms with Crippen molar-refractivity contribution < 1.29 is 4.79 Å². The SMILES string of the molecule is C#CC1CC(=O)N(Cc2ccc(N)c(C)c2)C1. The van der Waals surface area contributed by atoms with E-state index in [1.165, 1.54) is 0 Å². The van der Waals surface area contributed by atoms with E-state index < -0.39 is 0 Å². The van der Waals surface area contributed by atoms with Crippen molar-refractivity contribution in [3.8, 4) is 12.3 Å². The van der Waals surface area contributed by atoms with Crippen LogP contribution in [0, 0.1) is 25.2 Å². The highest BCUT2D eigenvalue weighted by molar-refractivity contribution is 5.79. The number of nitrogens with two attached hydrogens (primary N) is 1. The van der Waals surface area contributed by atoms with Crippen molar-refractivity contribution >= 4 is 11.6 Å². The number of benzene rings is 1. The second-order valence-electron chi connectivity index (χ2n) is 4.53. The fraction of sp³-hybridized carbons (Fsp3) is 0.357. The molecule has 1 aliphatic heterocycles. The quantitative estimate of drug-likeness (QED) is 0.616. The number of aryl methyl sites for hydroxylation is 1. The Kier molecular flexibility index (Phi) is 3.06. The van der Waals surface area contributed by atoms with Crippen LogP contribution in [0.25, 0.3) is 0 Å². The molecular weight excluding hydrogens is 212 g/mol. The second kappa shape index (κ2) is 4.50. The Morgan fingerprint density at radius 2 is 2.35 bits per heavy atom. The van der Waals surface area contributed by atoms with Crippen LogP contribution in [0.15, 0.2) is 18.2 Å². The number of amides is 1. The molecule has 2 rings (SSSR count). The summed E-state index contributed by atoms with van der Waals surface area (Å²) in [5, 5.41) is 0. The van der Waals surface area contributed by atoms with E-state index in [4.69, 9.17) is 12.2 Å². The lowest BCUT2D eigenvalue weighted by Crippen LogP contribution is -2.24. The summed E-state index contributed by atoms with van der Waals surface area (Å²) in [6, 6.07) is 5.86. The predicted molar refractivity (Wildman–Crippen MR) is 67.9 cm³/mol. The van der Waals surface area contributed by atoms with E-state index in [0.717, 1.165) is 16.8 Å². The normalized spacial score (nSPS) is 19.4. The van der Waals surface area contributed by atoms with Gasteiger partial charge >= 0.3 is 0 Å². The third kappa shape index (κ3) is 2.42. The van der Waals surface area contributed by atoms with Crippen LogP contribution in [0.3, 0.4) is 0 Å². The van der Waals surface area contributed by atoms with Crippen LogP contribution in [-0.2, 0) is 11.3 Å². The molecule has 1 heterocycles. The van der Waals surface area contributed by atoms with Crippen molar-refractivity contribution in [1.82, 2.24) is 4.90 Å². The highest BCUT2D eigenvalue weighted by Crippen LogP contribution is 2.21. The van der Waals surface area contributed by atoms with Gasteiger partial charge in [-0.25, -0.2) is 0 Å². The summed E-state index contributed by atoms with van der Waals surface area (Å²) in [6.07, 6.45) is 5.83. The average Bonchev–Trinajstić information content (AvgIpc) is 2.65. The molecule has 1 atom stereocenters. The van der Waals surface area contributed by atoms with Crippen molar-refractivity contribution in [2.45, 2.75) is 19.9 Å². The molecule has 1 aliphatic rings. The molecule has 1 fully saturated rings. The lowest BCUT2D eigenvalue weighted by molar-refractivity contribution is -0.128. The monoisotopic (exact) mass is 228 g/mol. The first-order valence-corrected chi connectivity index (χ1v) is 5.69. The molecule has 1 aromatic carbocycles. The first-order valence-electron chi connectivity index (χ1n) is 5.69. The Bertz CT molecular complexity index is 487. The molecule has 0 aromatic heterocycles. The zero-order valence-corrected chi connectivity index (χ0v) is 9.94. The lowest BCUT2D eigenvalue weighted by atomic mass is 10.1. The molecule has 3 nitrogen and oxygen atoms in total. The fourth-order valence-corrected chi connectivity index (χ4v) is 2.09. The van der Waals surface area contributed by atoms with E-state index in [0.29, 0.717) is 19.5 Å². The molecule has 2 N–H and O–H groups in total. The maximum atomic E-state index is 11.7. The van der Waals surface area contributed by atoms with Crippen molar-refractivity contribution in [3.63, 3.8) is 0 Å². The van der Waals surface area contributed by atoms with Gasteiger partial charge in [0.2, 0.25) is 5.91 Å². The van der Waals surface area contributed by atoms with Crippen molar-refractivity contribution in [2.24, 2.45) is 5.92 Å². The summed E-state index contributed by atoms with van der Waals surface area (Å²) in [5.41, 5.74) is 8.69. The summed E-state index contributed by atoms with van der Waals surface area (Å²) in [6.45, 7) is 3.26. The molecule has 0 spiro atoms. The number of likely N-dealkylation sites (tertiary alicyclic amines) is 1.